The van der Waals surface area contributed by atoms with E-state index in [9.17, 15) is 9.59 Å². The third kappa shape index (κ3) is 2.50. The molecule has 1 saturated heterocycles. The van der Waals surface area contributed by atoms with Gasteiger partial charge in [-0.3, -0.25) is 14.9 Å². The van der Waals surface area contributed by atoms with Crippen LogP contribution in [0.4, 0.5) is 0 Å². The zero-order chi connectivity index (χ0) is 15.3. The molecular formula is C18H23NO2. The number of rotatable bonds is 1. The minimum absolute atomic E-state index is 0.110. The largest absolute Gasteiger partial charge is 0.296 e. The summed E-state index contributed by atoms with van der Waals surface area (Å²) in [4.78, 5) is 24.5. The normalized spacial score (nSPS) is 31.5. The summed E-state index contributed by atoms with van der Waals surface area (Å²) in [5, 5.41) is 2.55. The molecule has 1 aromatic carbocycles. The second-order valence-corrected chi connectivity index (χ2v) is 7.64. The van der Waals surface area contributed by atoms with Gasteiger partial charge in [0, 0.05) is 6.42 Å². The van der Waals surface area contributed by atoms with E-state index in [1.807, 2.05) is 25.1 Å². The summed E-state index contributed by atoms with van der Waals surface area (Å²) in [5.74, 6) is -0.423. The highest BCUT2D eigenvalue weighted by Gasteiger charge is 2.54. The molecule has 1 aliphatic carbocycles. The third-order valence-electron chi connectivity index (χ3n) is 5.16. The molecule has 112 valence electrons. The van der Waals surface area contributed by atoms with E-state index in [4.69, 9.17) is 0 Å². The quantitative estimate of drug-likeness (QED) is 0.805. The maximum Gasteiger partial charge on any atom is 0.234 e. The number of carbonyl (C=O) groups is 2. The maximum absolute atomic E-state index is 12.6. The van der Waals surface area contributed by atoms with Crippen molar-refractivity contribution in [2.24, 2.45) is 10.8 Å². The van der Waals surface area contributed by atoms with Gasteiger partial charge in [0.2, 0.25) is 11.8 Å². The topological polar surface area (TPSA) is 46.2 Å². The molecular weight excluding hydrogens is 262 g/mol. The van der Waals surface area contributed by atoms with Crippen molar-refractivity contribution in [2.75, 3.05) is 0 Å². The summed E-state index contributed by atoms with van der Waals surface area (Å²) in [5.41, 5.74) is 2.22. The maximum atomic E-state index is 12.6. The van der Waals surface area contributed by atoms with Crippen LogP contribution in [0.15, 0.2) is 24.3 Å². The third-order valence-corrected chi connectivity index (χ3v) is 5.16. The lowest BCUT2D eigenvalue weighted by Crippen LogP contribution is -2.50. The fourth-order valence-electron chi connectivity index (χ4n) is 4.42. The van der Waals surface area contributed by atoms with Crippen LogP contribution in [0.3, 0.4) is 0 Å². The van der Waals surface area contributed by atoms with Crippen molar-refractivity contribution >= 4 is 11.8 Å². The van der Waals surface area contributed by atoms with E-state index in [1.54, 1.807) is 0 Å². The molecule has 2 aliphatic rings. The SMILES string of the molecule is Cc1cccc(C2C(=O)NC(=O)CC23CCC(C)(C)C3)c1. The molecule has 2 fully saturated rings. The number of carbonyl (C=O) groups excluding carboxylic acids is 2. The van der Waals surface area contributed by atoms with Gasteiger partial charge in [0.15, 0.2) is 0 Å². The lowest BCUT2D eigenvalue weighted by atomic mass is 9.64. The molecule has 1 N–H and O–H groups in total. The summed E-state index contributed by atoms with van der Waals surface area (Å²) in [6.07, 6.45) is 3.45. The van der Waals surface area contributed by atoms with Crippen LogP contribution in [0.2, 0.25) is 0 Å². The van der Waals surface area contributed by atoms with E-state index < -0.39 is 0 Å². The Kier molecular flexibility index (Phi) is 3.19. The first-order valence-corrected chi connectivity index (χ1v) is 7.72. The van der Waals surface area contributed by atoms with E-state index in [2.05, 4.69) is 25.2 Å². The fraction of sp³-hybridized carbons (Fsp3) is 0.556. The smallest absolute Gasteiger partial charge is 0.234 e. The minimum Gasteiger partial charge on any atom is -0.296 e. The van der Waals surface area contributed by atoms with Crippen LogP contribution < -0.4 is 5.32 Å². The second kappa shape index (κ2) is 4.69. The number of benzene rings is 1. The molecule has 0 aromatic heterocycles. The van der Waals surface area contributed by atoms with Gasteiger partial charge in [-0.15, -0.1) is 0 Å². The predicted molar refractivity (Wildman–Crippen MR) is 81.8 cm³/mol. The molecule has 2 unspecified atom stereocenters. The van der Waals surface area contributed by atoms with Gasteiger partial charge < -0.3 is 0 Å². The van der Waals surface area contributed by atoms with Crippen molar-refractivity contribution in [1.29, 1.82) is 0 Å². The highest BCUT2D eigenvalue weighted by Crippen LogP contribution is 2.58. The Bertz CT molecular complexity index is 605. The number of amides is 2. The molecule has 0 bridgehead atoms. The van der Waals surface area contributed by atoms with Crippen LogP contribution >= 0.6 is 0 Å². The molecule has 1 aromatic rings. The Labute approximate surface area is 126 Å². The van der Waals surface area contributed by atoms with Gasteiger partial charge in [-0.1, -0.05) is 43.7 Å². The van der Waals surface area contributed by atoms with Gasteiger partial charge in [-0.2, -0.15) is 0 Å². The summed E-state index contributed by atoms with van der Waals surface area (Å²) in [6.45, 7) is 6.53. The van der Waals surface area contributed by atoms with Gasteiger partial charge >= 0.3 is 0 Å². The summed E-state index contributed by atoms with van der Waals surface area (Å²) >= 11 is 0. The van der Waals surface area contributed by atoms with E-state index in [0.717, 1.165) is 30.4 Å². The van der Waals surface area contributed by atoms with E-state index in [1.165, 1.54) is 0 Å². The zero-order valence-electron chi connectivity index (χ0n) is 13.0. The minimum atomic E-state index is -0.198. The molecule has 1 spiro atoms. The molecule has 1 heterocycles. The zero-order valence-corrected chi connectivity index (χ0v) is 13.0. The molecule has 3 nitrogen and oxygen atoms in total. The van der Waals surface area contributed by atoms with E-state index in [0.29, 0.717) is 6.42 Å². The number of piperidine rings is 1. The van der Waals surface area contributed by atoms with Crippen molar-refractivity contribution in [3.05, 3.63) is 35.4 Å². The number of imide groups is 1. The first-order chi connectivity index (χ1) is 9.81. The Balaban J connectivity index is 2.06. The van der Waals surface area contributed by atoms with Crippen LogP contribution in [0.1, 0.15) is 56.6 Å². The summed E-state index contributed by atoms with van der Waals surface area (Å²) in [7, 11) is 0. The van der Waals surface area contributed by atoms with Crippen LogP contribution in [0.5, 0.6) is 0 Å². The number of nitrogens with one attached hydrogen (secondary N) is 1. The lowest BCUT2D eigenvalue weighted by Gasteiger charge is -2.41. The van der Waals surface area contributed by atoms with Crippen LogP contribution in [0, 0.1) is 17.8 Å². The van der Waals surface area contributed by atoms with Gasteiger partial charge in [0.25, 0.3) is 0 Å². The second-order valence-electron chi connectivity index (χ2n) is 7.64. The van der Waals surface area contributed by atoms with Gasteiger partial charge in [-0.05, 0) is 42.6 Å². The highest BCUT2D eigenvalue weighted by molar-refractivity contribution is 6.02. The highest BCUT2D eigenvalue weighted by atomic mass is 16.2. The molecule has 2 amide bonds. The number of hydrogen-bond acceptors (Lipinski definition) is 2. The van der Waals surface area contributed by atoms with E-state index >= 15 is 0 Å². The number of hydrogen-bond donors (Lipinski definition) is 1. The molecule has 1 aliphatic heterocycles. The molecule has 1 saturated carbocycles. The Morgan fingerprint density at radius 3 is 2.57 bits per heavy atom. The predicted octanol–water partition coefficient (Wildman–Crippen LogP) is 3.32. The first kappa shape index (κ1) is 14.3. The van der Waals surface area contributed by atoms with Crippen LogP contribution in [-0.4, -0.2) is 11.8 Å². The fourth-order valence-corrected chi connectivity index (χ4v) is 4.42. The Morgan fingerprint density at radius 1 is 1.19 bits per heavy atom. The Morgan fingerprint density at radius 2 is 1.95 bits per heavy atom. The van der Waals surface area contributed by atoms with Crippen LogP contribution in [-0.2, 0) is 9.59 Å². The molecule has 3 heteroatoms. The monoisotopic (exact) mass is 285 g/mol. The van der Waals surface area contributed by atoms with Gasteiger partial charge in [0.05, 0.1) is 5.92 Å². The van der Waals surface area contributed by atoms with Crippen molar-refractivity contribution < 1.29 is 9.59 Å². The molecule has 2 atom stereocenters. The summed E-state index contributed by atoms with van der Waals surface area (Å²) in [6, 6.07) is 8.16. The van der Waals surface area contributed by atoms with Crippen molar-refractivity contribution in [3.63, 3.8) is 0 Å². The first-order valence-electron chi connectivity index (χ1n) is 7.72. The van der Waals surface area contributed by atoms with Gasteiger partial charge in [0.1, 0.15) is 0 Å². The van der Waals surface area contributed by atoms with Crippen LogP contribution in [0.25, 0.3) is 0 Å². The molecule has 21 heavy (non-hydrogen) atoms. The number of aryl methyl sites for hydroxylation is 1. The summed E-state index contributed by atoms with van der Waals surface area (Å²) < 4.78 is 0. The standard InChI is InChI=1S/C18H23NO2/c1-12-5-4-6-13(9-12)15-16(21)19-14(20)10-18(15)8-7-17(2,3)11-18/h4-6,9,15H,7-8,10-11H2,1-3H3,(H,19,20,21). The molecule has 0 radical (unpaired) electrons. The van der Waals surface area contributed by atoms with Gasteiger partial charge in [-0.25, -0.2) is 0 Å². The van der Waals surface area contributed by atoms with Crippen molar-refractivity contribution in [2.45, 2.75) is 52.4 Å². The average molecular weight is 285 g/mol. The Hall–Kier alpha value is -1.64. The van der Waals surface area contributed by atoms with Crippen molar-refractivity contribution in [1.82, 2.24) is 5.32 Å². The lowest BCUT2D eigenvalue weighted by molar-refractivity contribution is -0.140. The average Bonchev–Trinajstić information content (AvgIpc) is 2.64. The van der Waals surface area contributed by atoms with Crippen molar-refractivity contribution in [3.8, 4) is 0 Å². The van der Waals surface area contributed by atoms with E-state index in [-0.39, 0.29) is 28.6 Å². The molecule has 3 rings (SSSR count).